The van der Waals surface area contributed by atoms with Gasteiger partial charge in [-0.3, -0.25) is 4.79 Å². The summed E-state index contributed by atoms with van der Waals surface area (Å²) in [5, 5.41) is 12.1. The second-order valence-corrected chi connectivity index (χ2v) is 6.21. The van der Waals surface area contributed by atoms with Crippen LogP contribution >= 0.6 is 11.8 Å². The Balaban J connectivity index is 2.40. The molecule has 0 aliphatic heterocycles. The quantitative estimate of drug-likeness (QED) is 0.773. The number of aryl methyl sites for hydroxylation is 2. The van der Waals surface area contributed by atoms with E-state index in [-0.39, 0.29) is 23.8 Å². The van der Waals surface area contributed by atoms with Gasteiger partial charge in [0.05, 0.1) is 19.6 Å². The van der Waals surface area contributed by atoms with Gasteiger partial charge in [0.25, 0.3) is 0 Å². The summed E-state index contributed by atoms with van der Waals surface area (Å²) in [5.41, 5.74) is 2.15. The Morgan fingerprint density at radius 3 is 2.52 bits per heavy atom. The van der Waals surface area contributed by atoms with Gasteiger partial charge in [-0.25, -0.2) is 0 Å². The molecular weight excluding hydrogens is 286 g/mol. The Kier molecular flexibility index (Phi) is 7.61. The number of para-hydroxylation sites is 1. The molecule has 4 nitrogen and oxygen atoms in total. The fraction of sp³-hybridized carbons (Fsp3) is 0.562. The van der Waals surface area contributed by atoms with E-state index in [9.17, 15) is 9.90 Å². The van der Waals surface area contributed by atoms with Crippen molar-refractivity contribution in [3.05, 3.63) is 29.3 Å². The van der Waals surface area contributed by atoms with Gasteiger partial charge in [0.15, 0.2) is 0 Å². The summed E-state index contributed by atoms with van der Waals surface area (Å²) < 4.78 is 5.72. The van der Waals surface area contributed by atoms with Gasteiger partial charge < -0.3 is 15.2 Å². The lowest BCUT2D eigenvalue weighted by Crippen LogP contribution is -2.41. The molecule has 5 heteroatoms. The number of hydrogen-bond donors (Lipinski definition) is 2. The normalized spacial score (nSPS) is 13.6. The number of carbonyl (C=O) groups excluding carboxylic acids is 1. The zero-order chi connectivity index (χ0) is 15.8. The van der Waals surface area contributed by atoms with Crippen LogP contribution in [0.1, 0.15) is 24.5 Å². The fourth-order valence-electron chi connectivity index (χ4n) is 2.13. The topological polar surface area (TPSA) is 58.6 Å². The maximum absolute atomic E-state index is 11.9. The largest absolute Gasteiger partial charge is 0.493 e. The first-order chi connectivity index (χ1) is 9.99. The lowest BCUT2D eigenvalue weighted by atomic mass is 10.1. The van der Waals surface area contributed by atoms with Gasteiger partial charge in [-0.15, -0.1) is 0 Å². The van der Waals surface area contributed by atoms with Gasteiger partial charge in [0.1, 0.15) is 5.75 Å². The minimum absolute atomic E-state index is 0.0217. The molecule has 0 aromatic heterocycles. The SMILES string of the molecule is CSC(CO)C(C)NC(=O)CCOc1c(C)cccc1C. The van der Waals surface area contributed by atoms with Crippen molar-refractivity contribution < 1.29 is 14.6 Å². The third-order valence-electron chi connectivity index (χ3n) is 3.41. The molecule has 1 rings (SSSR count). The van der Waals surface area contributed by atoms with Crippen molar-refractivity contribution in [3.63, 3.8) is 0 Å². The molecule has 0 fully saturated rings. The van der Waals surface area contributed by atoms with Crippen molar-refractivity contribution in [2.75, 3.05) is 19.5 Å². The molecule has 21 heavy (non-hydrogen) atoms. The minimum atomic E-state index is -0.0577. The average molecular weight is 311 g/mol. The number of hydrogen-bond acceptors (Lipinski definition) is 4. The Labute approximate surface area is 131 Å². The van der Waals surface area contributed by atoms with Crippen LogP contribution in [-0.2, 0) is 4.79 Å². The lowest BCUT2D eigenvalue weighted by molar-refractivity contribution is -0.122. The van der Waals surface area contributed by atoms with Crippen LogP contribution in [0, 0.1) is 13.8 Å². The van der Waals surface area contributed by atoms with Gasteiger partial charge in [-0.05, 0) is 38.2 Å². The van der Waals surface area contributed by atoms with E-state index in [0.29, 0.717) is 13.0 Å². The second-order valence-electron chi connectivity index (χ2n) is 5.13. The third kappa shape index (κ3) is 5.59. The second kappa shape index (κ2) is 8.95. The van der Waals surface area contributed by atoms with Crippen LogP contribution in [0.2, 0.25) is 0 Å². The van der Waals surface area contributed by atoms with E-state index in [0.717, 1.165) is 16.9 Å². The van der Waals surface area contributed by atoms with Crippen molar-refractivity contribution in [2.45, 2.75) is 38.5 Å². The number of aliphatic hydroxyl groups excluding tert-OH is 1. The van der Waals surface area contributed by atoms with E-state index < -0.39 is 0 Å². The highest BCUT2D eigenvalue weighted by Crippen LogP contribution is 2.22. The fourth-order valence-corrected chi connectivity index (χ4v) is 2.75. The van der Waals surface area contributed by atoms with Crippen molar-refractivity contribution >= 4 is 17.7 Å². The molecule has 118 valence electrons. The summed E-state index contributed by atoms with van der Waals surface area (Å²) in [6.45, 7) is 6.31. The molecule has 0 heterocycles. The Morgan fingerprint density at radius 2 is 2.00 bits per heavy atom. The molecule has 2 N–H and O–H groups in total. The highest BCUT2D eigenvalue weighted by molar-refractivity contribution is 7.99. The van der Waals surface area contributed by atoms with Crippen LogP contribution in [-0.4, -0.2) is 41.8 Å². The Bertz CT molecular complexity index is 441. The van der Waals surface area contributed by atoms with Crippen LogP contribution in [0.3, 0.4) is 0 Å². The molecular formula is C16H25NO3S. The number of ether oxygens (including phenoxy) is 1. The van der Waals surface area contributed by atoms with Gasteiger partial charge in [0, 0.05) is 11.3 Å². The minimum Gasteiger partial charge on any atom is -0.493 e. The summed E-state index contributed by atoms with van der Waals surface area (Å²) in [6, 6.07) is 5.92. The molecule has 0 bridgehead atoms. The third-order valence-corrected chi connectivity index (χ3v) is 4.58. The molecule has 0 saturated heterocycles. The zero-order valence-corrected chi connectivity index (χ0v) is 14.0. The molecule has 0 radical (unpaired) electrons. The van der Waals surface area contributed by atoms with Crippen molar-refractivity contribution in [1.29, 1.82) is 0 Å². The smallest absolute Gasteiger partial charge is 0.223 e. The van der Waals surface area contributed by atoms with E-state index in [1.807, 2.05) is 45.2 Å². The Hall–Kier alpha value is -1.20. The van der Waals surface area contributed by atoms with Crippen LogP contribution in [0.5, 0.6) is 5.75 Å². The first-order valence-electron chi connectivity index (χ1n) is 7.11. The summed E-state index contributed by atoms with van der Waals surface area (Å²) in [5.74, 6) is 0.803. The van der Waals surface area contributed by atoms with Crippen LogP contribution in [0.4, 0.5) is 0 Å². The standard InChI is InChI=1S/C16H25NO3S/c1-11-6-5-7-12(2)16(11)20-9-8-15(19)17-13(3)14(10-18)21-4/h5-7,13-14,18H,8-10H2,1-4H3,(H,17,19). The molecule has 1 aromatic rings. The van der Waals surface area contributed by atoms with Gasteiger partial charge in [-0.2, -0.15) is 11.8 Å². The summed E-state index contributed by atoms with van der Waals surface area (Å²) in [7, 11) is 0. The molecule has 0 aliphatic carbocycles. The number of thioether (sulfide) groups is 1. The van der Waals surface area contributed by atoms with Gasteiger partial charge in [-0.1, -0.05) is 18.2 Å². The number of nitrogens with one attached hydrogen (secondary N) is 1. The maximum atomic E-state index is 11.9. The number of amides is 1. The van der Waals surface area contributed by atoms with E-state index in [4.69, 9.17) is 4.74 Å². The maximum Gasteiger partial charge on any atom is 0.223 e. The van der Waals surface area contributed by atoms with Crippen LogP contribution < -0.4 is 10.1 Å². The molecule has 0 spiro atoms. The van der Waals surface area contributed by atoms with E-state index >= 15 is 0 Å². The number of benzene rings is 1. The molecule has 0 aliphatic rings. The monoisotopic (exact) mass is 311 g/mol. The predicted molar refractivity (Wildman–Crippen MR) is 88.0 cm³/mol. The Morgan fingerprint density at radius 1 is 1.38 bits per heavy atom. The number of aliphatic hydroxyl groups is 1. The van der Waals surface area contributed by atoms with E-state index in [2.05, 4.69) is 5.32 Å². The summed E-state index contributed by atoms with van der Waals surface area (Å²) >= 11 is 1.55. The van der Waals surface area contributed by atoms with Gasteiger partial charge in [0.2, 0.25) is 5.91 Å². The zero-order valence-electron chi connectivity index (χ0n) is 13.2. The molecule has 0 saturated carbocycles. The van der Waals surface area contributed by atoms with Crippen molar-refractivity contribution in [1.82, 2.24) is 5.32 Å². The predicted octanol–water partition coefficient (Wildman–Crippen LogP) is 2.30. The first kappa shape index (κ1) is 17.9. The average Bonchev–Trinajstić information content (AvgIpc) is 2.43. The highest BCUT2D eigenvalue weighted by Gasteiger charge is 2.17. The van der Waals surface area contributed by atoms with Crippen molar-refractivity contribution in [3.8, 4) is 5.75 Å². The molecule has 2 atom stereocenters. The van der Waals surface area contributed by atoms with E-state index in [1.165, 1.54) is 0 Å². The van der Waals surface area contributed by atoms with Crippen molar-refractivity contribution in [2.24, 2.45) is 0 Å². The highest BCUT2D eigenvalue weighted by atomic mass is 32.2. The molecule has 1 aromatic carbocycles. The van der Waals surface area contributed by atoms with Crippen LogP contribution in [0.25, 0.3) is 0 Å². The molecule has 2 unspecified atom stereocenters. The van der Waals surface area contributed by atoms with Gasteiger partial charge >= 0.3 is 0 Å². The number of rotatable bonds is 8. The lowest BCUT2D eigenvalue weighted by Gasteiger charge is -2.21. The molecule has 1 amide bonds. The van der Waals surface area contributed by atoms with E-state index in [1.54, 1.807) is 11.8 Å². The van der Waals surface area contributed by atoms with Crippen LogP contribution in [0.15, 0.2) is 18.2 Å². The first-order valence-corrected chi connectivity index (χ1v) is 8.40. The summed E-state index contributed by atoms with van der Waals surface area (Å²) in [6.07, 6.45) is 2.23. The number of carbonyl (C=O) groups is 1. The summed E-state index contributed by atoms with van der Waals surface area (Å²) in [4.78, 5) is 11.9.